The van der Waals surface area contributed by atoms with Gasteiger partial charge in [0.1, 0.15) is 0 Å². The molecule has 21 heavy (non-hydrogen) atoms. The normalized spacial score (nSPS) is 23.8. The number of carbonyl (C=O) groups excluding carboxylic acids is 1. The minimum atomic E-state index is -0.456. The van der Waals surface area contributed by atoms with Gasteiger partial charge >= 0.3 is 0 Å². The van der Waals surface area contributed by atoms with E-state index >= 15 is 0 Å². The molecular weight excluding hydrogens is 260 g/mol. The Morgan fingerprint density at radius 1 is 1.24 bits per heavy atom. The molecular formula is C18H28N2O. The predicted molar refractivity (Wildman–Crippen MR) is 86.8 cm³/mol. The summed E-state index contributed by atoms with van der Waals surface area (Å²) < 4.78 is 0. The van der Waals surface area contributed by atoms with Crippen molar-refractivity contribution in [2.24, 2.45) is 17.6 Å². The Morgan fingerprint density at radius 2 is 1.90 bits per heavy atom. The van der Waals surface area contributed by atoms with Gasteiger partial charge in [0, 0.05) is 6.04 Å². The number of rotatable bonds is 5. The molecule has 0 aliphatic heterocycles. The Bertz CT molecular complexity index is 444. The molecule has 3 N–H and O–H groups in total. The Balaban J connectivity index is 1.90. The number of amides is 1. The van der Waals surface area contributed by atoms with Crippen LogP contribution in [-0.4, -0.2) is 18.0 Å². The maximum Gasteiger partial charge on any atom is 0.237 e. The van der Waals surface area contributed by atoms with Gasteiger partial charge in [0.05, 0.1) is 6.04 Å². The summed E-state index contributed by atoms with van der Waals surface area (Å²) in [6.07, 6.45) is 5.41. The highest BCUT2D eigenvalue weighted by Gasteiger charge is 2.29. The molecule has 3 heteroatoms. The first-order chi connectivity index (χ1) is 10.1. The van der Waals surface area contributed by atoms with Gasteiger partial charge in [-0.15, -0.1) is 0 Å². The van der Waals surface area contributed by atoms with E-state index in [2.05, 4.69) is 19.2 Å². The largest absolute Gasteiger partial charge is 0.352 e. The van der Waals surface area contributed by atoms with E-state index < -0.39 is 6.04 Å². The summed E-state index contributed by atoms with van der Waals surface area (Å²) in [7, 11) is 0. The van der Waals surface area contributed by atoms with E-state index in [0.29, 0.717) is 24.3 Å². The second kappa shape index (κ2) is 7.60. The molecule has 1 amide bonds. The zero-order chi connectivity index (χ0) is 15.2. The highest BCUT2D eigenvalue weighted by atomic mass is 16.2. The molecule has 0 bridgehead atoms. The van der Waals surface area contributed by atoms with Crippen LogP contribution in [-0.2, 0) is 11.2 Å². The molecule has 1 aromatic rings. The lowest BCUT2D eigenvalue weighted by Gasteiger charge is -2.35. The summed E-state index contributed by atoms with van der Waals surface area (Å²) in [6.45, 7) is 4.50. The number of carbonyl (C=O) groups is 1. The van der Waals surface area contributed by atoms with Crippen LogP contribution in [0.1, 0.15) is 45.1 Å². The van der Waals surface area contributed by atoms with E-state index in [9.17, 15) is 4.79 Å². The van der Waals surface area contributed by atoms with Crippen molar-refractivity contribution in [2.45, 2.75) is 58.0 Å². The third-order valence-corrected chi connectivity index (χ3v) is 4.64. The van der Waals surface area contributed by atoms with Gasteiger partial charge in [-0.3, -0.25) is 4.79 Å². The van der Waals surface area contributed by atoms with Crippen LogP contribution < -0.4 is 11.1 Å². The predicted octanol–water partition coefficient (Wildman–Crippen LogP) is 2.89. The summed E-state index contributed by atoms with van der Waals surface area (Å²) in [4.78, 5) is 12.3. The fraction of sp³-hybridized carbons (Fsp3) is 0.611. The van der Waals surface area contributed by atoms with Crippen LogP contribution >= 0.6 is 0 Å². The first-order valence-corrected chi connectivity index (χ1v) is 8.18. The summed E-state index contributed by atoms with van der Waals surface area (Å²) in [5.41, 5.74) is 7.19. The number of hydrogen-bond acceptors (Lipinski definition) is 2. The zero-order valence-electron chi connectivity index (χ0n) is 13.2. The Hall–Kier alpha value is -1.35. The Kier molecular flexibility index (Phi) is 5.80. The third-order valence-electron chi connectivity index (χ3n) is 4.64. The van der Waals surface area contributed by atoms with E-state index in [1.807, 2.05) is 30.3 Å². The summed E-state index contributed by atoms with van der Waals surface area (Å²) >= 11 is 0. The van der Waals surface area contributed by atoms with Crippen LogP contribution in [0.25, 0.3) is 0 Å². The fourth-order valence-corrected chi connectivity index (χ4v) is 3.39. The van der Waals surface area contributed by atoms with Crippen LogP contribution in [0, 0.1) is 11.8 Å². The van der Waals surface area contributed by atoms with E-state index in [1.165, 1.54) is 19.3 Å². The second-order valence-electron chi connectivity index (χ2n) is 6.60. The number of nitrogens with one attached hydrogen (secondary N) is 1. The van der Waals surface area contributed by atoms with Crippen LogP contribution in [0.5, 0.6) is 0 Å². The number of nitrogens with two attached hydrogens (primary N) is 1. The average Bonchev–Trinajstić information content (AvgIpc) is 2.48. The van der Waals surface area contributed by atoms with Gasteiger partial charge in [-0.05, 0) is 36.7 Å². The van der Waals surface area contributed by atoms with E-state index in [-0.39, 0.29) is 5.91 Å². The summed E-state index contributed by atoms with van der Waals surface area (Å²) in [6, 6.07) is 9.82. The highest BCUT2D eigenvalue weighted by molar-refractivity contribution is 5.82. The minimum absolute atomic E-state index is 0.00333. The van der Waals surface area contributed by atoms with Crippen LogP contribution in [0.4, 0.5) is 0 Å². The molecule has 0 radical (unpaired) electrons. The lowest BCUT2D eigenvalue weighted by Crippen LogP contribution is -2.50. The molecule has 0 saturated heterocycles. The SMILES string of the molecule is CC(C)C1CCCCC1NC(=O)[C@H](N)Cc1ccccc1. The van der Waals surface area contributed by atoms with Crippen molar-refractivity contribution in [1.82, 2.24) is 5.32 Å². The Morgan fingerprint density at radius 3 is 2.57 bits per heavy atom. The summed E-state index contributed by atoms with van der Waals surface area (Å²) in [5, 5.41) is 3.21. The molecule has 116 valence electrons. The van der Waals surface area contributed by atoms with Crippen molar-refractivity contribution >= 4 is 5.91 Å². The minimum Gasteiger partial charge on any atom is -0.352 e. The van der Waals surface area contributed by atoms with E-state index in [1.54, 1.807) is 0 Å². The third kappa shape index (κ3) is 4.57. The highest BCUT2D eigenvalue weighted by Crippen LogP contribution is 2.30. The van der Waals surface area contributed by atoms with Crippen LogP contribution in [0.2, 0.25) is 0 Å². The van der Waals surface area contributed by atoms with Crippen LogP contribution in [0.15, 0.2) is 30.3 Å². The van der Waals surface area contributed by atoms with Crippen molar-refractivity contribution in [3.05, 3.63) is 35.9 Å². The second-order valence-corrected chi connectivity index (χ2v) is 6.60. The first kappa shape index (κ1) is 16.0. The maximum absolute atomic E-state index is 12.3. The first-order valence-electron chi connectivity index (χ1n) is 8.18. The maximum atomic E-state index is 12.3. The molecule has 0 spiro atoms. The molecule has 1 aliphatic rings. The van der Waals surface area contributed by atoms with Crippen LogP contribution in [0.3, 0.4) is 0 Å². The monoisotopic (exact) mass is 288 g/mol. The van der Waals surface area contributed by atoms with Crippen molar-refractivity contribution < 1.29 is 4.79 Å². The quantitative estimate of drug-likeness (QED) is 0.875. The van der Waals surface area contributed by atoms with Gasteiger partial charge < -0.3 is 11.1 Å². The molecule has 2 unspecified atom stereocenters. The molecule has 2 rings (SSSR count). The zero-order valence-corrected chi connectivity index (χ0v) is 13.2. The molecule has 0 heterocycles. The topological polar surface area (TPSA) is 55.1 Å². The van der Waals surface area contributed by atoms with Crippen molar-refractivity contribution in [3.8, 4) is 0 Å². The molecule has 1 fully saturated rings. The van der Waals surface area contributed by atoms with Gasteiger partial charge in [0.2, 0.25) is 5.91 Å². The molecule has 3 nitrogen and oxygen atoms in total. The van der Waals surface area contributed by atoms with Gasteiger partial charge in [0.15, 0.2) is 0 Å². The number of hydrogen-bond donors (Lipinski definition) is 2. The van der Waals surface area contributed by atoms with E-state index in [4.69, 9.17) is 5.73 Å². The summed E-state index contributed by atoms with van der Waals surface area (Å²) in [5.74, 6) is 1.20. The molecule has 0 aromatic heterocycles. The standard InChI is InChI=1S/C18H28N2O/c1-13(2)15-10-6-7-11-17(15)20-18(21)16(19)12-14-8-4-3-5-9-14/h3-5,8-9,13,15-17H,6-7,10-12,19H2,1-2H3,(H,20,21)/t15?,16-,17?/m1/s1. The Labute approximate surface area is 128 Å². The van der Waals surface area contributed by atoms with Gasteiger partial charge in [-0.2, -0.15) is 0 Å². The molecule has 1 aromatic carbocycles. The smallest absolute Gasteiger partial charge is 0.237 e. The van der Waals surface area contributed by atoms with Gasteiger partial charge in [0.25, 0.3) is 0 Å². The number of benzene rings is 1. The lowest BCUT2D eigenvalue weighted by atomic mass is 9.77. The van der Waals surface area contributed by atoms with Gasteiger partial charge in [-0.25, -0.2) is 0 Å². The average molecular weight is 288 g/mol. The van der Waals surface area contributed by atoms with Crippen molar-refractivity contribution in [3.63, 3.8) is 0 Å². The van der Waals surface area contributed by atoms with E-state index in [0.717, 1.165) is 12.0 Å². The lowest BCUT2D eigenvalue weighted by molar-refractivity contribution is -0.123. The molecule has 1 aliphatic carbocycles. The van der Waals surface area contributed by atoms with Crippen molar-refractivity contribution in [1.29, 1.82) is 0 Å². The molecule has 3 atom stereocenters. The fourth-order valence-electron chi connectivity index (χ4n) is 3.39. The van der Waals surface area contributed by atoms with Gasteiger partial charge in [-0.1, -0.05) is 57.0 Å². The van der Waals surface area contributed by atoms with Crippen molar-refractivity contribution in [2.75, 3.05) is 0 Å². The molecule has 1 saturated carbocycles.